The highest BCUT2D eigenvalue weighted by molar-refractivity contribution is 6.31. The molecular formula is C45H46Cl2N4O12. The number of imide groups is 2. The number of esters is 2. The summed E-state index contributed by atoms with van der Waals surface area (Å²) in [6.07, 6.45) is -2.83. The zero-order chi connectivity index (χ0) is 46.9. The van der Waals surface area contributed by atoms with Crippen LogP contribution in [0.4, 0.5) is 9.59 Å². The Balaban J connectivity index is 1.49. The highest BCUT2D eigenvalue weighted by atomic mass is 35.5. The van der Waals surface area contributed by atoms with Crippen LogP contribution >= 0.6 is 23.2 Å². The minimum absolute atomic E-state index is 0.0422. The number of rotatable bonds is 10. The molecule has 0 heterocycles. The maximum absolute atomic E-state index is 13.9. The van der Waals surface area contributed by atoms with Crippen molar-refractivity contribution >= 4 is 71.0 Å². The average molecular weight is 906 g/mol. The van der Waals surface area contributed by atoms with Gasteiger partial charge in [0.2, 0.25) is 13.6 Å². The first kappa shape index (κ1) is 48.9. The number of amides is 6. The van der Waals surface area contributed by atoms with Gasteiger partial charge in [0.25, 0.3) is 23.6 Å². The van der Waals surface area contributed by atoms with Crippen LogP contribution in [0.2, 0.25) is 10.0 Å². The van der Waals surface area contributed by atoms with Crippen LogP contribution in [0, 0.1) is 5.41 Å². The fourth-order valence-electron chi connectivity index (χ4n) is 5.57. The first-order valence-electron chi connectivity index (χ1n) is 19.1. The molecule has 0 fully saturated rings. The number of carbonyl (C=O) groups excluding carboxylic acids is 8. The largest absolute Gasteiger partial charge is 0.439 e. The third kappa shape index (κ3) is 12.2. The van der Waals surface area contributed by atoms with Crippen LogP contribution in [0.15, 0.2) is 109 Å². The lowest BCUT2D eigenvalue weighted by molar-refractivity contribution is -0.179. The molecule has 0 unspecified atom stereocenters. The van der Waals surface area contributed by atoms with Gasteiger partial charge in [-0.15, -0.1) is 10.0 Å². The van der Waals surface area contributed by atoms with Crippen LogP contribution in [-0.2, 0) is 28.5 Å². The molecular weight excluding hydrogens is 859 g/mol. The van der Waals surface area contributed by atoms with E-state index in [-0.39, 0.29) is 22.3 Å². The Hall–Kier alpha value is -6.78. The molecule has 4 aromatic carbocycles. The molecule has 18 heteroatoms. The summed E-state index contributed by atoms with van der Waals surface area (Å²) < 4.78 is 20.6. The highest BCUT2D eigenvalue weighted by Crippen LogP contribution is 2.27. The zero-order valence-corrected chi connectivity index (χ0v) is 37.3. The topological polar surface area (TPSA) is 186 Å². The van der Waals surface area contributed by atoms with E-state index in [1.165, 1.54) is 72.8 Å². The van der Waals surface area contributed by atoms with E-state index in [4.69, 9.17) is 42.1 Å². The predicted molar refractivity (Wildman–Crippen MR) is 229 cm³/mol. The smallest absolute Gasteiger partial charge is 0.427 e. The summed E-state index contributed by atoms with van der Waals surface area (Å²) in [6, 6.07) is 26.7. The fourth-order valence-corrected chi connectivity index (χ4v) is 5.82. The van der Waals surface area contributed by atoms with Gasteiger partial charge < -0.3 is 18.9 Å². The van der Waals surface area contributed by atoms with Gasteiger partial charge in [-0.1, -0.05) is 59.6 Å². The summed E-state index contributed by atoms with van der Waals surface area (Å²) >= 11 is 12.0. The summed E-state index contributed by atoms with van der Waals surface area (Å²) in [5.41, 5.74) is -4.35. The highest BCUT2D eigenvalue weighted by Gasteiger charge is 2.44. The summed E-state index contributed by atoms with van der Waals surface area (Å²) in [7, 11) is 0. The molecule has 0 saturated heterocycles. The average Bonchev–Trinajstić information content (AvgIpc) is 3.23. The molecule has 63 heavy (non-hydrogen) atoms. The van der Waals surface area contributed by atoms with Gasteiger partial charge in [-0.3, -0.25) is 28.8 Å². The van der Waals surface area contributed by atoms with Crippen molar-refractivity contribution in [3.63, 3.8) is 0 Å². The van der Waals surface area contributed by atoms with E-state index in [0.717, 1.165) is 23.9 Å². The lowest BCUT2D eigenvalue weighted by atomic mass is 9.94. The van der Waals surface area contributed by atoms with E-state index >= 15 is 0 Å². The summed E-state index contributed by atoms with van der Waals surface area (Å²) in [5, 5.41) is 3.33. The first-order chi connectivity index (χ1) is 29.5. The second-order valence-corrected chi connectivity index (χ2v) is 17.0. The standard InChI is InChI=1S/C45H46Cl2N4O12/c1-43(2,3)50(37(54)29-15-11-9-12-16-29)48(35(52)31-19-23-33(46)24-20-31)41(58)62-27-60-39(56)45(7,8)40(57)61-28-63-42(59)49(36(53)32-21-25-34(47)26-22-32)51(44(4,5)6)38(55)30-17-13-10-14-18-30/h9-26H,27-28H2,1-8H3. The fraction of sp³-hybridized carbons (Fsp3) is 0.289. The SMILES string of the molecule is CC(C)(C(=O)OCOC(=O)N(C(=O)c1ccc(Cl)cc1)N(C(=O)c1ccccc1)C(C)(C)C)C(=O)OCOC(=O)N(C(=O)c1ccc(Cl)cc1)N(C(=O)c1ccccc1)C(C)(C)C. The molecule has 0 aromatic heterocycles. The van der Waals surface area contributed by atoms with Crippen LogP contribution in [0.1, 0.15) is 96.8 Å². The van der Waals surface area contributed by atoms with Gasteiger partial charge in [-0.05, 0) is 128 Å². The Kier molecular flexibility index (Phi) is 15.8. The second kappa shape index (κ2) is 20.4. The van der Waals surface area contributed by atoms with Crippen molar-refractivity contribution in [3.8, 4) is 0 Å². The third-order valence-electron chi connectivity index (χ3n) is 8.78. The number of nitrogens with zero attached hydrogens (tertiary/aromatic N) is 4. The van der Waals surface area contributed by atoms with E-state index in [9.17, 15) is 38.4 Å². The van der Waals surface area contributed by atoms with Crippen molar-refractivity contribution in [1.82, 2.24) is 20.0 Å². The molecule has 0 aliphatic rings. The van der Waals surface area contributed by atoms with Crippen LogP contribution in [0.25, 0.3) is 0 Å². The first-order valence-corrected chi connectivity index (χ1v) is 19.9. The molecule has 0 N–H and O–H groups in total. The van der Waals surface area contributed by atoms with Gasteiger partial charge in [0.1, 0.15) is 0 Å². The number of hydrogen-bond donors (Lipinski definition) is 0. The molecule has 0 aliphatic heterocycles. The van der Waals surface area contributed by atoms with Gasteiger partial charge in [-0.25, -0.2) is 19.6 Å². The molecule has 0 aliphatic carbocycles. The zero-order valence-electron chi connectivity index (χ0n) is 35.8. The number of hydrogen-bond acceptors (Lipinski definition) is 12. The van der Waals surface area contributed by atoms with Crippen LogP contribution in [0.3, 0.4) is 0 Å². The minimum atomic E-state index is -2.13. The van der Waals surface area contributed by atoms with Crippen molar-refractivity contribution in [2.24, 2.45) is 5.41 Å². The summed E-state index contributed by atoms with van der Waals surface area (Å²) in [4.78, 5) is 109. The van der Waals surface area contributed by atoms with Gasteiger partial charge >= 0.3 is 24.1 Å². The van der Waals surface area contributed by atoms with E-state index in [2.05, 4.69) is 0 Å². The van der Waals surface area contributed by atoms with E-state index in [1.54, 1.807) is 77.9 Å². The number of benzene rings is 4. The molecule has 6 amide bonds. The van der Waals surface area contributed by atoms with Gasteiger partial charge in [0, 0.05) is 32.3 Å². The second-order valence-electron chi connectivity index (χ2n) is 16.1. The normalized spacial score (nSPS) is 11.3. The third-order valence-corrected chi connectivity index (χ3v) is 9.28. The summed E-state index contributed by atoms with van der Waals surface area (Å²) in [5.74, 6) is -6.00. The van der Waals surface area contributed by atoms with Crippen molar-refractivity contribution in [3.05, 3.63) is 141 Å². The van der Waals surface area contributed by atoms with Gasteiger partial charge in [0.05, 0.1) is 11.1 Å². The number of ether oxygens (including phenoxy) is 4. The number of carbonyl (C=O) groups is 8. The Morgan fingerprint density at radius 2 is 0.698 bits per heavy atom. The Labute approximate surface area is 374 Å². The van der Waals surface area contributed by atoms with Crippen LogP contribution < -0.4 is 0 Å². The molecule has 0 spiro atoms. The Morgan fingerprint density at radius 3 is 0.984 bits per heavy atom. The summed E-state index contributed by atoms with van der Waals surface area (Å²) in [6.45, 7) is 9.41. The lowest BCUT2D eigenvalue weighted by Gasteiger charge is -2.41. The van der Waals surface area contributed by atoms with Crippen molar-refractivity contribution < 1.29 is 57.3 Å². The molecule has 16 nitrogen and oxygen atoms in total. The number of hydrazine groups is 2. The molecule has 0 bridgehead atoms. The molecule has 4 aromatic rings. The van der Waals surface area contributed by atoms with E-state index in [0.29, 0.717) is 20.1 Å². The molecule has 332 valence electrons. The van der Waals surface area contributed by atoms with Crippen molar-refractivity contribution in [1.29, 1.82) is 0 Å². The van der Waals surface area contributed by atoms with Crippen LogP contribution in [-0.4, -0.2) is 92.5 Å². The van der Waals surface area contributed by atoms with Crippen molar-refractivity contribution in [2.45, 2.75) is 66.5 Å². The quantitative estimate of drug-likeness (QED) is 0.0640. The predicted octanol–water partition coefficient (Wildman–Crippen LogP) is 8.59. The van der Waals surface area contributed by atoms with Crippen LogP contribution in [0.5, 0.6) is 0 Å². The monoisotopic (exact) mass is 904 g/mol. The van der Waals surface area contributed by atoms with Crippen molar-refractivity contribution in [2.75, 3.05) is 13.6 Å². The molecule has 0 saturated carbocycles. The minimum Gasteiger partial charge on any atom is -0.427 e. The Morgan fingerprint density at radius 1 is 0.413 bits per heavy atom. The van der Waals surface area contributed by atoms with E-state index < -0.39 is 77.8 Å². The molecule has 4 rings (SSSR count). The maximum Gasteiger partial charge on any atom is 0.439 e. The maximum atomic E-state index is 13.9. The van der Waals surface area contributed by atoms with E-state index in [1.807, 2.05) is 0 Å². The molecule has 0 radical (unpaired) electrons. The number of halogens is 2. The Bertz CT molecular complexity index is 2170. The van der Waals surface area contributed by atoms with Gasteiger partial charge in [-0.2, -0.15) is 0 Å². The molecule has 0 atom stereocenters. The lowest BCUT2D eigenvalue weighted by Crippen LogP contribution is -2.60. The van der Waals surface area contributed by atoms with Gasteiger partial charge in [0.15, 0.2) is 5.41 Å².